The molecule has 0 aliphatic carbocycles. The molecule has 2 heterocycles. The van der Waals surface area contributed by atoms with Crippen LogP contribution in [0.4, 0.5) is 5.82 Å². The van der Waals surface area contributed by atoms with Crippen LogP contribution in [0.25, 0.3) is 11.1 Å². The number of nitrogens with one attached hydrogen (secondary N) is 1. The molecule has 0 aliphatic heterocycles. The first kappa shape index (κ1) is 14.4. The summed E-state index contributed by atoms with van der Waals surface area (Å²) in [6.07, 6.45) is 2.50. The summed E-state index contributed by atoms with van der Waals surface area (Å²) in [5.74, 6) is 1.68. The molecule has 0 saturated heterocycles. The van der Waals surface area contributed by atoms with Crippen LogP contribution in [0, 0.1) is 0 Å². The van der Waals surface area contributed by atoms with E-state index in [9.17, 15) is 0 Å². The molecule has 0 spiro atoms. The Morgan fingerprint density at radius 2 is 2.00 bits per heavy atom. The van der Waals surface area contributed by atoms with Gasteiger partial charge in [-0.25, -0.2) is 4.98 Å². The Hall–Kier alpha value is -2.53. The Balaban J connectivity index is 1.73. The molecule has 3 rings (SSSR count). The van der Waals surface area contributed by atoms with Gasteiger partial charge in [0.15, 0.2) is 5.58 Å². The van der Waals surface area contributed by atoms with Crippen molar-refractivity contribution in [3.05, 3.63) is 53.8 Å². The molecule has 0 fully saturated rings. The molecule has 0 unspecified atom stereocenters. The number of ether oxygens (including phenoxy) is 1. The molecule has 5 nitrogen and oxygen atoms in total. The fraction of sp³-hybridized carbons (Fsp3) is 0.235. The highest BCUT2D eigenvalue weighted by atomic mass is 16.5. The molecule has 0 bridgehead atoms. The number of pyridine rings is 1. The van der Waals surface area contributed by atoms with Gasteiger partial charge in [0.25, 0.3) is 0 Å². The van der Waals surface area contributed by atoms with Crippen molar-refractivity contribution in [3.8, 4) is 5.75 Å². The zero-order valence-corrected chi connectivity index (χ0v) is 12.5. The summed E-state index contributed by atoms with van der Waals surface area (Å²) in [5.41, 5.74) is 9.49. The lowest BCUT2D eigenvalue weighted by atomic mass is 10.2. The van der Waals surface area contributed by atoms with Crippen LogP contribution < -0.4 is 15.8 Å². The van der Waals surface area contributed by atoms with Gasteiger partial charge in [0.2, 0.25) is 0 Å². The number of methoxy groups -OCH3 is 1. The fourth-order valence-corrected chi connectivity index (χ4v) is 2.33. The first-order chi connectivity index (χ1) is 10.8. The van der Waals surface area contributed by atoms with Crippen LogP contribution in [0.3, 0.4) is 0 Å². The van der Waals surface area contributed by atoms with E-state index in [1.165, 1.54) is 0 Å². The summed E-state index contributed by atoms with van der Waals surface area (Å²) in [4.78, 5) is 4.62. The standard InChI is InChI=1S/C17H19N3O2/c1-21-14-4-2-12(3-5-14)10-19-16-7-6-15-17(20-16)13(8-9-18)11-22-15/h2-7,11H,8-10,18H2,1H3,(H,19,20). The van der Waals surface area contributed by atoms with E-state index >= 15 is 0 Å². The number of aromatic nitrogens is 1. The Kier molecular flexibility index (Phi) is 4.25. The van der Waals surface area contributed by atoms with Gasteiger partial charge in [0, 0.05) is 12.1 Å². The molecule has 0 aliphatic rings. The second-order valence-electron chi connectivity index (χ2n) is 5.04. The first-order valence-corrected chi connectivity index (χ1v) is 7.24. The van der Waals surface area contributed by atoms with Gasteiger partial charge in [-0.2, -0.15) is 0 Å². The Labute approximate surface area is 129 Å². The van der Waals surface area contributed by atoms with Gasteiger partial charge in [-0.3, -0.25) is 0 Å². The molecule has 3 aromatic rings. The summed E-state index contributed by atoms with van der Waals surface area (Å²) in [7, 11) is 1.66. The Bertz CT molecular complexity index is 750. The predicted octanol–water partition coefficient (Wildman–Crippen LogP) is 2.95. The number of hydrogen-bond donors (Lipinski definition) is 2. The van der Waals surface area contributed by atoms with E-state index in [1.54, 1.807) is 13.4 Å². The maximum Gasteiger partial charge on any atom is 0.152 e. The van der Waals surface area contributed by atoms with Crippen LogP contribution >= 0.6 is 0 Å². The monoisotopic (exact) mass is 297 g/mol. The minimum absolute atomic E-state index is 0.583. The van der Waals surface area contributed by atoms with E-state index in [2.05, 4.69) is 10.3 Å². The van der Waals surface area contributed by atoms with Crippen molar-refractivity contribution in [2.24, 2.45) is 5.73 Å². The third-order valence-corrected chi connectivity index (χ3v) is 3.54. The summed E-state index contributed by atoms with van der Waals surface area (Å²) >= 11 is 0. The fourth-order valence-electron chi connectivity index (χ4n) is 2.33. The normalized spacial score (nSPS) is 10.8. The summed E-state index contributed by atoms with van der Waals surface area (Å²) < 4.78 is 10.6. The Morgan fingerprint density at radius 3 is 2.73 bits per heavy atom. The maximum absolute atomic E-state index is 5.61. The van der Waals surface area contributed by atoms with Crippen molar-refractivity contribution in [1.82, 2.24) is 4.98 Å². The molecule has 0 radical (unpaired) electrons. The quantitative estimate of drug-likeness (QED) is 0.732. The average molecular weight is 297 g/mol. The number of nitrogens with zero attached hydrogens (tertiary/aromatic N) is 1. The molecule has 1 aromatic carbocycles. The number of hydrogen-bond acceptors (Lipinski definition) is 5. The molecule has 0 amide bonds. The third-order valence-electron chi connectivity index (χ3n) is 3.54. The molecular formula is C17H19N3O2. The number of fused-ring (bicyclic) bond motifs is 1. The zero-order chi connectivity index (χ0) is 15.4. The smallest absolute Gasteiger partial charge is 0.152 e. The molecule has 0 saturated carbocycles. The third kappa shape index (κ3) is 3.04. The van der Waals surface area contributed by atoms with Crippen molar-refractivity contribution in [1.29, 1.82) is 0 Å². The largest absolute Gasteiger partial charge is 0.497 e. The molecule has 114 valence electrons. The lowest BCUT2D eigenvalue weighted by molar-refractivity contribution is 0.414. The van der Waals surface area contributed by atoms with E-state index in [0.717, 1.165) is 40.2 Å². The SMILES string of the molecule is COc1ccc(CNc2ccc3occ(CCN)c3n2)cc1. The van der Waals surface area contributed by atoms with E-state index in [0.29, 0.717) is 13.1 Å². The van der Waals surface area contributed by atoms with Crippen LogP contribution in [-0.2, 0) is 13.0 Å². The number of furan rings is 1. The first-order valence-electron chi connectivity index (χ1n) is 7.24. The minimum atomic E-state index is 0.583. The number of benzene rings is 1. The minimum Gasteiger partial charge on any atom is -0.497 e. The van der Waals surface area contributed by atoms with Gasteiger partial charge in [0.05, 0.1) is 13.4 Å². The van der Waals surface area contributed by atoms with Gasteiger partial charge in [-0.05, 0) is 42.8 Å². The molecular weight excluding hydrogens is 278 g/mol. The topological polar surface area (TPSA) is 73.3 Å². The van der Waals surface area contributed by atoms with Gasteiger partial charge >= 0.3 is 0 Å². The summed E-state index contributed by atoms with van der Waals surface area (Å²) in [6, 6.07) is 11.8. The highest BCUT2D eigenvalue weighted by Gasteiger charge is 2.07. The van der Waals surface area contributed by atoms with E-state index in [1.807, 2.05) is 36.4 Å². The van der Waals surface area contributed by atoms with E-state index in [4.69, 9.17) is 14.9 Å². The number of nitrogens with two attached hydrogens (primary N) is 1. The van der Waals surface area contributed by atoms with Crippen LogP contribution in [0.2, 0.25) is 0 Å². The van der Waals surface area contributed by atoms with Crippen molar-refractivity contribution in [2.75, 3.05) is 19.0 Å². The van der Waals surface area contributed by atoms with Gasteiger partial charge in [0.1, 0.15) is 17.1 Å². The van der Waals surface area contributed by atoms with E-state index < -0.39 is 0 Å². The number of anilines is 1. The van der Waals surface area contributed by atoms with Gasteiger partial charge < -0.3 is 20.2 Å². The van der Waals surface area contributed by atoms with E-state index in [-0.39, 0.29) is 0 Å². The highest BCUT2D eigenvalue weighted by molar-refractivity contribution is 5.78. The van der Waals surface area contributed by atoms with Crippen molar-refractivity contribution in [3.63, 3.8) is 0 Å². The van der Waals surface area contributed by atoms with Crippen LogP contribution in [0.1, 0.15) is 11.1 Å². The molecule has 2 aromatic heterocycles. The van der Waals surface area contributed by atoms with Gasteiger partial charge in [-0.15, -0.1) is 0 Å². The lowest BCUT2D eigenvalue weighted by Gasteiger charge is -2.07. The van der Waals surface area contributed by atoms with Crippen LogP contribution in [0.5, 0.6) is 5.75 Å². The lowest BCUT2D eigenvalue weighted by Crippen LogP contribution is -2.03. The van der Waals surface area contributed by atoms with Crippen molar-refractivity contribution < 1.29 is 9.15 Å². The van der Waals surface area contributed by atoms with Crippen molar-refractivity contribution >= 4 is 16.9 Å². The van der Waals surface area contributed by atoms with Crippen LogP contribution in [0.15, 0.2) is 47.1 Å². The second kappa shape index (κ2) is 6.49. The molecule has 3 N–H and O–H groups in total. The average Bonchev–Trinajstić information content (AvgIpc) is 2.96. The molecule has 0 atom stereocenters. The van der Waals surface area contributed by atoms with Gasteiger partial charge in [-0.1, -0.05) is 12.1 Å². The maximum atomic E-state index is 5.61. The van der Waals surface area contributed by atoms with Crippen LogP contribution in [-0.4, -0.2) is 18.6 Å². The molecule has 5 heteroatoms. The zero-order valence-electron chi connectivity index (χ0n) is 12.5. The number of rotatable bonds is 6. The van der Waals surface area contributed by atoms with Crippen molar-refractivity contribution in [2.45, 2.75) is 13.0 Å². The summed E-state index contributed by atoms with van der Waals surface area (Å²) in [5, 5.41) is 3.32. The predicted molar refractivity (Wildman–Crippen MR) is 87.1 cm³/mol. The second-order valence-corrected chi connectivity index (χ2v) is 5.04. The summed E-state index contributed by atoms with van der Waals surface area (Å²) in [6.45, 7) is 1.28. The molecule has 22 heavy (non-hydrogen) atoms. The highest BCUT2D eigenvalue weighted by Crippen LogP contribution is 2.22. The Morgan fingerprint density at radius 1 is 1.18 bits per heavy atom.